The van der Waals surface area contributed by atoms with Gasteiger partial charge in [0.15, 0.2) is 0 Å². The summed E-state index contributed by atoms with van der Waals surface area (Å²) in [7, 11) is 0. The molecule has 196 valence electrons. The summed E-state index contributed by atoms with van der Waals surface area (Å²) in [5.41, 5.74) is 12.1. The molecule has 0 heterocycles. The first kappa shape index (κ1) is 23.6. The van der Waals surface area contributed by atoms with Crippen molar-refractivity contribution >= 4 is 11.4 Å². The van der Waals surface area contributed by atoms with Gasteiger partial charge >= 0.3 is 0 Å². The highest BCUT2D eigenvalue weighted by molar-refractivity contribution is 5.86. The van der Waals surface area contributed by atoms with Gasteiger partial charge in [0, 0.05) is 22.4 Å². The molecule has 1 N–H and O–H groups in total. The summed E-state index contributed by atoms with van der Waals surface area (Å²) in [4.78, 5) is 0. The van der Waals surface area contributed by atoms with E-state index in [4.69, 9.17) is 0 Å². The zero-order valence-corrected chi connectivity index (χ0v) is 23.3. The average molecular weight is 510 g/mol. The molecule has 5 atom stereocenters. The fourth-order valence-electron chi connectivity index (χ4n) is 9.21. The Morgan fingerprint density at radius 3 is 2.26 bits per heavy atom. The van der Waals surface area contributed by atoms with Crippen LogP contribution < -0.4 is 5.32 Å². The van der Waals surface area contributed by atoms with Gasteiger partial charge in [-0.05, 0) is 113 Å². The zero-order chi connectivity index (χ0) is 26.1. The molecule has 3 fully saturated rings. The van der Waals surface area contributed by atoms with E-state index in [1.54, 1.807) is 5.56 Å². The van der Waals surface area contributed by atoms with Crippen LogP contribution in [0.4, 0.5) is 11.4 Å². The van der Waals surface area contributed by atoms with E-state index >= 15 is 0 Å². The quantitative estimate of drug-likeness (QED) is 0.288. The van der Waals surface area contributed by atoms with Crippen molar-refractivity contribution in [2.45, 2.75) is 63.7 Å². The molecule has 39 heavy (non-hydrogen) atoms. The van der Waals surface area contributed by atoms with Crippen LogP contribution in [0.5, 0.6) is 0 Å². The van der Waals surface area contributed by atoms with Crippen molar-refractivity contribution < 1.29 is 0 Å². The molecule has 0 amide bonds. The molecule has 4 aliphatic carbocycles. The third kappa shape index (κ3) is 3.80. The molecule has 3 saturated carbocycles. The van der Waals surface area contributed by atoms with E-state index in [9.17, 15) is 0 Å². The number of hydrogen-bond acceptors (Lipinski definition) is 1. The molecule has 0 aliphatic heterocycles. The van der Waals surface area contributed by atoms with Crippen LogP contribution in [0.1, 0.15) is 75.0 Å². The van der Waals surface area contributed by atoms with Crippen LogP contribution in [0, 0.1) is 23.7 Å². The van der Waals surface area contributed by atoms with Crippen LogP contribution in [-0.2, 0) is 5.41 Å². The van der Waals surface area contributed by atoms with Gasteiger partial charge in [0.1, 0.15) is 0 Å². The highest BCUT2D eigenvalue weighted by atomic mass is 14.9. The smallest absolute Gasteiger partial charge is 0.0463 e. The first-order valence-corrected chi connectivity index (χ1v) is 15.3. The van der Waals surface area contributed by atoms with Gasteiger partial charge in [0.2, 0.25) is 0 Å². The van der Waals surface area contributed by atoms with Crippen molar-refractivity contribution in [3.63, 3.8) is 0 Å². The van der Waals surface area contributed by atoms with Gasteiger partial charge in [-0.15, -0.1) is 0 Å². The molecule has 0 radical (unpaired) electrons. The van der Waals surface area contributed by atoms with E-state index in [1.807, 2.05) is 0 Å². The molecular weight excluding hydrogens is 470 g/mol. The molecule has 4 aromatic carbocycles. The van der Waals surface area contributed by atoms with E-state index in [2.05, 4.69) is 110 Å². The van der Waals surface area contributed by atoms with Gasteiger partial charge in [-0.25, -0.2) is 0 Å². The predicted octanol–water partition coefficient (Wildman–Crippen LogP) is 10.3. The average Bonchev–Trinajstić information content (AvgIpc) is 3.18. The highest BCUT2D eigenvalue weighted by Crippen LogP contribution is 2.57. The van der Waals surface area contributed by atoms with Crippen molar-refractivity contribution in [1.29, 1.82) is 0 Å². The molecule has 1 heteroatoms. The molecule has 4 aromatic rings. The van der Waals surface area contributed by atoms with Crippen molar-refractivity contribution in [1.82, 2.24) is 0 Å². The molecule has 0 saturated heterocycles. The van der Waals surface area contributed by atoms with Gasteiger partial charge in [0.25, 0.3) is 0 Å². The standard InChI is InChI=1S/C38H39N/c1-38(2)35-9-5-3-8-32(35)34-23-29(16-18-36(34)38)39-37-10-6-4-7-31(37)26-12-14-27(15-13-26)33-22-25-19-24-11-17-30(33)28(20-24)21-25/h3-10,12-16,18,23-25,28,30,33,39H,11,17,19-22H2,1-2H3. The summed E-state index contributed by atoms with van der Waals surface area (Å²) in [6.45, 7) is 4.68. The second-order valence-corrected chi connectivity index (χ2v) is 13.5. The maximum atomic E-state index is 3.79. The van der Waals surface area contributed by atoms with Crippen LogP contribution in [0.15, 0.2) is 91.0 Å². The maximum absolute atomic E-state index is 3.79. The van der Waals surface area contributed by atoms with E-state index in [0.29, 0.717) is 0 Å². The Balaban J connectivity index is 1.08. The Morgan fingerprint density at radius 1 is 0.641 bits per heavy atom. The minimum absolute atomic E-state index is 0.0421. The van der Waals surface area contributed by atoms with Crippen molar-refractivity contribution in [3.05, 3.63) is 108 Å². The van der Waals surface area contributed by atoms with Gasteiger partial charge < -0.3 is 5.32 Å². The fourth-order valence-corrected chi connectivity index (χ4v) is 9.21. The molecule has 1 nitrogen and oxygen atoms in total. The summed E-state index contributed by atoms with van der Waals surface area (Å²) in [6.07, 6.45) is 8.90. The summed E-state index contributed by atoms with van der Waals surface area (Å²) in [5, 5.41) is 3.79. The molecule has 4 aliphatic rings. The lowest BCUT2D eigenvalue weighted by Gasteiger charge is -2.52. The molecule has 5 unspecified atom stereocenters. The van der Waals surface area contributed by atoms with E-state index in [1.165, 1.54) is 77.6 Å². The lowest BCUT2D eigenvalue weighted by molar-refractivity contribution is 0.0152. The monoisotopic (exact) mass is 509 g/mol. The van der Waals surface area contributed by atoms with Gasteiger partial charge in [0.05, 0.1) is 0 Å². The third-order valence-electron chi connectivity index (χ3n) is 11.0. The lowest BCUT2D eigenvalue weighted by atomic mass is 9.53. The zero-order valence-electron chi connectivity index (χ0n) is 23.3. The number of fused-ring (bicyclic) bond motifs is 5. The van der Waals surface area contributed by atoms with Gasteiger partial charge in [-0.2, -0.15) is 0 Å². The highest BCUT2D eigenvalue weighted by Gasteiger charge is 2.45. The Morgan fingerprint density at radius 2 is 1.38 bits per heavy atom. The van der Waals surface area contributed by atoms with Crippen molar-refractivity contribution in [2.75, 3.05) is 5.32 Å². The van der Waals surface area contributed by atoms with Crippen LogP contribution in [0.2, 0.25) is 0 Å². The SMILES string of the molecule is CC1(C)c2ccccc2-c2cc(Nc3ccccc3-c3ccc(C4CC5CC6CCC4C(C6)C5)cc3)ccc21. The van der Waals surface area contributed by atoms with Crippen LogP contribution in [0.3, 0.4) is 0 Å². The lowest BCUT2D eigenvalue weighted by Crippen LogP contribution is -2.41. The number of rotatable bonds is 4. The Hall–Kier alpha value is -3.32. The number of anilines is 2. The number of benzene rings is 4. The first-order chi connectivity index (χ1) is 19.0. The third-order valence-corrected chi connectivity index (χ3v) is 11.0. The Bertz CT molecular complexity index is 1540. The summed E-state index contributed by atoms with van der Waals surface area (Å²) < 4.78 is 0. The molecule has 8 rings (SSSR count). The summed E-state index contributed by atoms with van der Waals surface area (Å²) in [6, 6.07) is 34.3. The number of para-hydroxylation sites is 1. The second kappa shape index (κ2) is 8.85. The first-order valence-electron chi connectivity index (χ1n) is 15.3. The minimum atomic E-state index is 0.0421. The molecule has 0 spiro atoms. The minimum Gasteiger partial charge on any atom is -0.355 e. The van der Waals surface area contributed by atoms with E-state index in [0.717, 1.165) is 35.3 Å². The number of nitrogens with one attached hydrogen (secondary N) is 1. The second-order valence-electron chi connectivity index (χ2n) is 13.5. The van der Waals surface area contributed by atoms with E-state index in [-0.39, 0.29) is 5.41 Å². The van der Waals surface area contributed by atoms with E-state index < -0.39 is 0 Å². The molecular formula is C38H39N. The number of hydrogen-bond donors (Lipinski definition) is 1. The molecule has 0 aromatic heterocycles. The predicted molar refractivity (Wildman–Crippen MR) is 164 cm³/mol. The van der Waals surface area contributed by atoms with Crippen LogP contribution in [0.25, 0.3) is 22.3 Å². The Labute approximate surface area is 233 Å². The van der Waals surface area contributed by atoms with Crippen molar-refractivity contribution in [3.8, 4) is 22.3 Å². The van der Waals surface area contributed by atoms with Crippen LogP contribution >= 0.6 is 0 Å². The molecule has 3 bridgehead atoms. The topological polar surface area (TPSA) is 12.0 Å². The summed E-state index contributed by atoms with van der Waals surface area (Å²) >= 11 is 0. The fraction of sp³-hybridized carbons (Fsp3) is 0.368. The largest absolute Gasteiger partial charge is 0.355 e. The maximum Gasteiger partial charge on any atom is 0.0463 e. The normalized spacial score (nSPS) is 27.6. The Kier molecular flexibility index (Phi) is 5.34. The van der Waals surface area contributed by atoms with Gasteiger partial charge in [-0.3, -0.25) is 0 Å². The van der Waals surface area contributed by atoms with Crippen molar-refractivity contribution in [2.24, 2.45) is 23.7 Å². The van der Waals surface area contributed by atoms with Gasteiger partial charge in [-0.1, -0.05) is 93.1 Å². The summed E-state index contributed by atoms with van der Waals surface area (Å²) in [5.74, 6) is 4.72. The van der Waals surface area contributed by atoms with Crippen LogP contribution in [-0.4, -0.2) is 0 Å².